The average Bonchev–Trinajstić information content (AvgIpc) is 2.37. The molecule has 1 nitrogen and oxygen atoms in total. The van der Waals surface area contributed by atoms with Crippen LogP contribution in [0, 0.1) is 0 Å². The van der Waals surface area contributed by atoms with Gasteiger partial charge in [-0.1, -0.05) is 39.0 Å². The largest absolute Gasteiger partial charge is 0.295 e. The van der Waals surface area contributed by atoms with Gasteiger partial charge in [0, 0.05) is 10.4 Å². The molecule has 1 aromatic rings. The summed E-state index contributed by atoms with van der Waals surface area (Å²) in [4.78, 5) is 1.47. The third kappa shape index (κ3) is 1.89. The first-order chi connectivity index (χ1) is 7.75. The Bertz CT molecular complexity index is 358. The zero-order valence-electron chi connectivity index (χ0n) is 10.4. The minimum absolute atomic E-state index is 0.197. The van der Waals surface area contributed by atoms with E-state index < -0.39 is 0 Å². The predicted octanol–water partition coefficient (Wildman–Crippen LogP) is 4.13. The van der Waals surface area contributed by atoms with E-state index in [2.05, 4.69) is 50.4 Å². The highest BCUT2D eigenvalue weighted by Crippen LogP contribution is 2.43. The van der Waals surface area contributed by atoms with Gasteiger partial charge in [-0.2, -0.15) is 0 Å². The molecule has 2 rings (SSSR count). The van der Waals surface area contributed by atoms with Crippen molar-refractivity contribution in [2.24, 2.45) is 0 Å². The number of hydrogen-bond donors (Lipinski definition) is 1. The number of fused-ring (bicyclic) bond motifs is 1. The number of hydrogen-bond acceptors (Lipinski definition) is 2. The maximum Gasteiger partial charge on any atom is 0.0583 e. The van der Waals surface area contributed by atoms with Crippen molar-refractivity contribution in [1.82, 2.24) is 5.32 Å². The van der Waals surface area contributed by atoms with E-state index in [0.717, 1.165) is 12.8 Å². The molecule has 0 radical (unpaired) electrons. The summed E-state index contributed by atoms with van der Waals surface area (Å²) in [5.74, 6) is 0. The van der Waals surface area contributed by atoms with Gasteiger partial charge in [0.15, 0.2) is 0 Å². The lowest BCUT2D eigenvalue weighted by atomic mass is 9.84. The molecule has 0 aliphatic carbocycles. The molecule has 1 unspecified atom stereocenters. The maximum atomic E-state index is 3.84. The van der Waals surface area contributed by atoms with Crippen molar-refractivity contribution in [3.8, 4) is 0 Å². The van der Waals surface area contributed by atoms with Gasteiger partial charge in [0.05, 0.1) is 5.37 Å². The van der Waals surface area contributed by atoms with E-state index in [-0.39, 0.29) is 5.54 Å². The lowest BCUT2D eigenvalue weighted by molar-refractivity contribution is 0.287. The zero-order chi connectivity index (χ0) is 11.6. The third-order valence-corrected chi connectivity index (χ3v) is 5.03. The smallest absolute Gasteiger partial charge is 0.0583 e. The van der Waals surface area contributed by atoms with Crippen molar-refractivity contribution in [3.05, 3.63) is 29.8 Å². The third-order valence-electron chi connectivity index (χ3n) is 3.69. The van der Waals surface area contributed by atoms with Crippen LogP contribution in [0.4, 0.5) is 0 Å². The molecule has 1 N–H and O–H groups in total. The Labute approximate surface area is 103 Å². The molecule has 1 heterocycles. The lowest BCUT2D eigenvalue weighted by Crippen LogP contribution is -2.48. The van der Waals surface area contributed by atoms with Crippen molar-refractivity contribution in [2.45, 2.75) is 55.8 Å². The summed E-state index contributed by atoms with van der Waals surface area (Å²) in [7, 11) is 0. The minimum Gasteiger partial charge on any atom is -0.295 e. The van der Waals surface area contributed by atoms with E-state index in [1.165, 1.54) is 16.9 Å². The Kier molecular flexibility index (Phi) is 3.60. The first kappa shape index (κ1) is 12.0. The van der Waals surface area contributed by atoms with Gasteiger partial charge in [0.1, 0.15) is 0 Å². The van der Waals surface area contributed by atoms with Gasteiger partial charge in [-0.3, -0.25) is 5.32 Å². The van der Waals surface area contributed by atoms with E-state index in [4.69, 9.17) is 0 Å². The first-order valence-electron chi connectivity index (χ1n) is 6.29. The molecule has 0 fully saturated rings. The van der Waals surface area contributed by atoms with Gasteiger partial charge in [-0.15, -0.1) is 11.8 Å². The van der Waals surface area contributed by atoms with E-state index in [1.807, 2.05) is 11.8 Å². The van der Waals surface area contributed by atoms with E-state index in [1.54, 1.807) is 0 Å². The molecule has 1 atom stereocenters. The van der Waals surface area contributed by atoms with Gasteiger partial charge in [-0.05, 0) is 30.9 Å². The minimum atomic E-state index is 0.197. The van der Waals surface area contributed by atoms with Gasteiger partial charge < -0.3 is 0 Å². The molecule has 2 heteroatoms. The normalized spacial score (nSPS) is 22.8. The molecule has 1 aliphatic heterocycles. The fraction of sp³-hybridized carbons (Fsp3) is 0.571. The number of thioether (sulfide) groups is 1. The molecule has 0 saturated carbocycles. The summed E-state index contributed by atoms with van der Waals surface area (Å²) in [6, 6.07) is 8.87. The highest BCUT2D eigenvalue weighted by molar-refractivity contribution is 8.00. The van der Waals surface area contributed by atoms with Crippen molar-refractivity contribution in [1.29, 1.82) is 0 Å². The Morgan fingerprint density at radius 2 is 1.88 bits per heavy atom. The lowest BCUT2D eigenvalue weighted by Gasteiger charge is -2.42. The van der Waals surface area contributed by atoms with Gasteiger partial charge in [0.25, 0.3) is 0 Å². The molecular weight excluding hydrogens is 214 g/mol. The maximum absolute atomic E-state index is 3.84. The van der Waals surface area contributed by atoms with Crippen LogP contribution in [0.3, 0.4) is 0 Å². The molecule has 16 heavy (non-hydrogen) atoms. The Morgan fingerprint density at radius 1 is 1.19 bits per heavy atom. The number of rotatable bonds is 3. The SMILES string of the molecule is CCC1NC(CC)(CC)c2ccccc2S1. The van der Waals surface area contributed by atoms with Crippen molar-refractivity contribution < 1.29 is 0 Å². The summed E-state index contributed by atoms with van der Waals surface area (Å²) >= 11 is 1.98. The van der Waals surface area contributed by atoms with Crippen molar-refractivity contribution >= 4 is 11.8 Å². The summed E-state index contributed by atoms with van der Waals surface area (Å²) in [6.45, 7) is 6.83. The average molecular weight is 235 g/mol. The van der Waals surface area contributed by atoms with Crippen LogP contribution in [-0.2, 0) is 5.54 Å². The van der Waals surface area contributed by atoms with E-state index >= 15 is 0 Å². The van der Waals surface area contributed by atoms with Crippen LogP contribution in [0.15, 0.2) is 29.2 Å². The van der Waals surface area contributed by atoms with Crippen LogP contribution in [0.25, 0.3) is 0 Å². The van der Waals surface area contributed by atoms with Crippen LogP contribution in [-0.4, -0.2) is 5.37 Å². The highest BCUT2D eigenvalue weighted by atomic mass is 32.2. The molecule has 0 saturated heterocycles. The Morgan fingerprint density at radius 3 is 2.50 bits per heavy atom. The molecule has 0 bridgehead atoms. The zero-order valence-corrected chi connectivity index (χ0v) is 11.2. The van der Waals surface area contributed by atoms with Crippen LogP contribution in [0.5, 0.6) is 0 Å². The van der Waals surface area contributed by atoms with Crippen LogP contribution >= 0.6 is 11.8 Å². The molecule has 1 aliphatic rings. The van der Waals surface area contributed by atoms with E-state index in [9.17, 15) is 0 Å². The van der Waals surface area contributed by atoms with Gasteiger partial charge >= 0.3 is 0 Å². The topological polar surface area (TPSA) is 12.0 Å². The fourth-order valence-corrected chi connectivity index (χ4v) is 3.86. The standard InChI is InChI=1S/C14H21NS/c1-4-13-15-14(5-2,6-3)11-9-7-8-10-12(11)16-13/h7-10,13,15H,4-6H2,1-3H3. The Balaban J connectivity index is 2.46. The Hall–Kier alpha value is -0.470. The second kappa shape index (κ2) is 4.80. The monoisotopic (exact) mass is 235 g/mol. The molecule has 88 valence electrons. The van der Waals surface area contributed by atoms with E-state index in [0.29, 0.717) is 5.37 Å². The summed E-state index contributed by atoms with van der Waals surface area (Å²) in [5, 5.41) is 4.40. The number of nitrogens with one attached hydrogen (secondary N) is 1. The molecule has 1 aromatic carbocycles. The quantitative estimate of drug-likeness (QED) is 0.845. The highest BCUT2D eigenvalue weighted by Gasteiger charge is 2.36. The molecule has 0 amide bonds. The van der Waals surface area contributed by atoms with Crippen LogP contribution in [0.2, 0.25) is 0 Å². The van der Waals surface area contributed by atoms with Gasteiger partial charge in [0.2, 0.25) is 0 Å². The number of benzene rings is 1. The predicted molar refractivity (Wildman–Crippen MR) is 71.8 cm³/mol. The van der Waals surface area contributed by atoms with Crippen LogP contribution < -0.4 is 5.32 Å². The second-order valence-corrected chi connectivity index (χ2v) is 5.69. The van der Waals surface area contributed by atoms with Gasteiger partial charge in [-0.25, -0.2) is 0 Å². The summed E-state index contributed by atoms with van der Waals surface area (Å²) < 4.78 is 0. The fourth-order valence-electron chi connectivity index (χ4n) is 2.55. The first-order valence-corrected chi connectivity index (χ1v) is 7.17. The summed E-state index contributed by atoms with van der Waals surface area (Å²) in [6.07, 6.45) is 3.51. The van der Waals surface area contributed by atoms with Crippen LogP contribution in [0.1, 0.15) is 45.6 Å². The second-order valence-electron chi connectivity index (χ2n) is 4.44. The summed E-state index contributed by atoms with van der Waals surface area (Å²) in [5.41, 5.74) is 1.69. The molecule has 0 spiro atoms. The van der Waals surface area contributed by atoms with Crippen molar-refractivity contribution in [2.75, 3.05) is 0 Å². The molecule has 0 aromatic heterocycles. The molecular formula is C14H21NS. The van der Waals surface area contributed by atoms with Crippen molar-refractivity contribution in [3.63, 3.8) is 0 Å².